The van der Waals surface area contributed by atoms with Crippen molar-refractivity contribution < 1.29 is 14.3 Å². The van der Waals surface area contributed by atoms with Crippen LogP contribution in [0.3, 0.4) is 0 Å². The highest BCUT2D eigenvalue weighted by molar-refractivity contribution is 5.87. The lowest BCUT2D eigenvalue weighted by molar-refractivity contribution is -0.133. The average Bonchev–Trinajstić information content (AvgIpc) is 2.96. The van der Waals surface area contributed by atoms with Crippen LogP contribution in [0.15, 0.2) is 18.2 Å². The maximum Gasteiger partial charge on any atom is 0.408 e. The molecule has 1 aliphatic heterocycles. The Hall–Kier alpha value is -2.50. The molecule has 1 aromatic carbocycles. The third-order valence-electron chi connectivity index (χ3n) is 5.20. The first-order valence-corrected chi connectivity index (χ1v) is 10.4. The number of ether oxygens (including phenoxy) is 1. The van der Waals surface area contributed by atoms with Crippen LogP contribution in [0.25, 0.3) is 10.9 Å². The molecule has 0 radical (unpaired) electrons. The molecular weight excluding hydrogens is 366 g/mol. The Labute approximate surface area is 173 Å². The van der Waals surface area contributed by atoms with Gasteiger partial charge in [-0.15, -0.1) is 0 Å². The van der Waals surface area contributed by atoms with Gasteiger partial charge in [-0.1, -0.05) is 26.0 Å². The number of H-pyrrole nitrogens is 1. The number of hydrogen-bond donors (Lipinski definition) is 2. The number of rotatable bonds is 4. The van der Waals surface area contributed by atoms with Gasteiger partial charge in [0, 0.05) is 23.1 Å². The summed E-state index contributed by atoms with van der Waals surface area (Å²) >= 11 is 0. The minimum atomic E-state index is -0.587. The summed E-state index contributed by atoms with van der Waals surface area (Å²) < 4.78 is 5.25. The minimum Gasteiger partial charge on any atom is -0.444 e. The maximum atomic E-state index is 13.0. The third-order valence-corrected chi connectivity index (χ3v) is 5.20. The van der Waals surface area contributed by atoms with Crippen molar-refractivity contribution in [2.75, 3.05) is 13.1 Å². The predicted molar refractivity (Wildman–Crippen MR) is 115 cm³/mol. The fourth-order valence-corrected chi connectivity index (χ4v) is 4.04. The van der Waals surface area contributed by atoms with Crippen molar-refractivity contribution in [3.63, 3.8) is 0 Å². The first-order chi connectivity index (χ1) is 13.5. The van der Waals surface area contributed by atoms with Gasteiger partial charge in [0.05, 0.1) is 6.04 Å². The van der Waals surface area contributed by atoms with E-state index in [1.165, 1.54) is 16.5 Å². The van der Waals surface area contributed by atoms with Gasteiger partial charge in [-0.05, 0) is 63.6 Å². The van der Waals surface area contributed by atoms with Crippen molar-refractivity contribution >= 4 is 22.9 Å². The zero-order valence-electron chi connectivity index (χ0n) is 18.4. The molecule has 0 saturated heterocycles. The number of carbonyl (C=O) groups excluding carboxylic acids is 2. The zero-order valence-corrected chi connectivity index (χ0v) is 18.4. The summed E-state index contributed by atoms with van der Waals surface area (Å²) in [5.41, 5.74) is 4.21. The molecular formula is C23H33N3O3. The molecule has 1 aliphatic rings. The fraction of sp³-hybridized carbons (Fsp3) is 0.565. The molecule has 2 N–H and O–H groups in total. The lowest BCUT2D eigenvalue weighted by Crippen LogP contribution is -2.46. The second-order valence-corrected chi connectivity index (χ2v) is 9.40. The molecule has 158 valence electrons. The highest BCUT2D eigenvalue weighted by Crippen LogP contribution is 2.38. The molecule has 0 spiro atoms. The second kappa shape index (κ2) is 8.09. The van der Waals surface area contributed by atoms with E-state index in [2.05, 4.69) is 49.3 Å². The van der Waals surface area contributed by atoms with Crippen molar-refractivity contribution in [1.82, 2.24) is 15.2 Å². The van der Waals surface area contributed by atoms with E-state index in [4.69, 9.17) is 4.74 Å². The summed E-state index contributed by atoms with van der Waals surface area (Å²) in [6, 6.07) is 6.46. The Kier molecular flexibility index (Phi) is 5.92. The summed E-state index contributed by atoms with van der Waals surface area (Å²) in [5.74, 6) is 0.357. The van der Waals surface area contributed by atoms with Crippen molar-refractivity contribution in [2.45, 2.75) is 66.0 Å². The molecule has 2 aromatic rings. The van der Waals surface area contributed by atoms with Crippen LogP contribution in [0.4, 0.5) is 4.79 Å². The van der Waals surface area contributed by atoms with Crippen LogP contribution < -0.4 is 5.32 Å². The largest absolute Gasteiger partial charge is 0.444 e. The van der Waals surface area contributed by atoms with E-state index in [1.54, 1.807) is 20.8 Å². The summed E-state index contributed by atoms with van der Waals surface area (Å²) in [5, 5.41) is 3.85. The number of aromatic amines is 1. The van der Waals surface area contributed by atoms with Gasteiger partial charge in [-0.3, -0.25) is 4.79 Å². The van der Waals surface area contributed by atoms with E-state index in [0.717, 1.165) is 24.1 Å². The van der Waals surface area contributed by atoms with E-state index in [0.29, 0.717) is 12.5 Å². The van der Waals surface area contributed by atoms with E-state index in [9.17, 15) is 9.59 Å². The topological polar surface area (TPSA) is 74.4 Å². The number of carbonyl (C=O) groups is 2. The number of aromatic nitrogens is 1. The molecule has 1 aromatic heterocycles. The molecule has 2 heterocycles. The highest BCUT2D eigenvalue weighted by Gasteiger charge is 2.33. The molecule has 0 saturated carbocycles. The molecule has 2 amide bonds. The Morgan fingerprint density at radius 1 is 1.31 bits per heavy atom. The van der Waals surface area contributed by atoms with E-state index in [-0.39, 0.29) is 18.5 Å². The number of nitrogens with one attached hydrogen (secondary N) is 2. The van der Waals surface area contributed by atoms with Crippen LogP contribution in [-0.2, 0) is 16.0 Å². The maximum absolute atomic E-state index is 13.0. The van der Waals surface area contributed by atoms with Crippen molar-refractivity contribution in [1.29, 1.82) is 0 Å². The molecule has 0 fully saturated rings. The van der Waals surface area contributed by atoms with Gasteiger partial charge >= 0.3 is 6.09 Å². The molecule has 1 atom stereocenters. The van der Waals surface area contributed by atoms with Gasteiger partial charge in [-0.25, -0.2) is 4.79 Å². The smallest absolute Gasteiger partial charge is 0.408 e. The Balaban J connectivity index is 1.81. The molecule has 29 heavy (non-hydrogen) atoms. The highest BCUT2D eigenvalue weighted by atomic mass is 16.6. The number of hydrogen-bond acceptors (Lipinski definition) is 3. The van der Waals surface area contributed by atoms with Gasteiger partial charge in [0.25, 0.3) is 0 Å². The second-order valence-electron chi connectivity index (χ2n) is 9.40. The summed E-state index contributed by atoms with van der Waals surface area (Å²) in [7, 11) is 0. The standard InChI is InChI=1S/C23H33N3O3/c1-14(2)11-19-21-17(16-8-7-15(3)12-18(16)25-21)9-10-26(19)20(27)13-24-22(28)29-23(4,5)6/h7-8,12,14,19,25H,9-11,13H2,1-6H3,(H,24,28). The Morgan fingerprint density at radius 3 is 2.69 bits per heavy atom. The Morgan fingerprint density at radius 2 is 2.03 bits per heavy atom. The SMILES string of the molecule is Cc1ccc2c3c([nH]c2c1)C(CC(C)C)N(C(=O)CNC(=O)OC(C)(C)C)CC3. The lowest BCUT2D eigenvalue weighted by atomic mass is 9.91. The van der Waals surface area contributed by atoms with Gasteiger partial charge in [-0.2, -0.15) is 0 Å². The van der Waals surface area contributed by atoms with Crippen LogP contribution in [-0.4, -0.2) is 40.6 Å². The fourth-order valence-electron chi connectivity index (χ4n) is 4.04. The summed E-state index contributed by atoms with van der Waals surface area (Å²) in [6.07, 6.45) is 1.12. The molecule has 3 rings (SSSR count). The van der Waals surface area contributed by atoms with Gasteiger partial charge in [0.2, 0.25) is 5.91 Å². The molecule has 0 aliphatic carbocycles. The van der Waals surface area contributed by atoms with E-state index in [1.807, 2.05) is 4.90 Å². The molecule has 1 unspecified atom stereocenters. The van der Waals surface area contributed by atoms with Crippen LogP contribution in [0, 0.1) is 12.8 Å². The first-order valence-electron chi connectivity index (χ1n) is 10.4. The third kappa shape index (κ3) is 4.92. The van der Waals surface area contributed by atoms with Crippen molar-refractivity contribution in [3.05, 3.63) is 35.0 Å². The van der Waals surface area contributed by atoms with Crippen LogP contribution in [0.1, 0.15) is 63.9 Å². The normalized spacial score (nSPS) is 16.8. The average molecular weight is 400 g/mol. The number of fused-ring (bicyclic) bond motifs is 3. The van der Waals surface area contributed by atoms with Crippen molar-refractivity contribution in [2.24, 2.45) is 5.92 Å². The number of aryl methyl sites for hydroxylation is 1. The minimum absolute atomic E-state index is 0.0145. The lowest BCUT2D eigenvalue weighted by Gasteiger charge is -2.37. The number of amides is 2. The van der Waals surface area contributed by atoms with Crippen LogP contribution in [0.2, 0.25) is 0 Å². The quantitative estimate of drug-likeness (QED) is 0.796. The van der Waals surface area contributed by atoms with E-state index < -0.39 is 11.7 Å². The van der Waals surface area contributed by atoms with Crippen LogP contribution in [0.5, 0.6) is 0 Å². The monoisotopic (exact) mass is 399 g/mol. The zero-order chi connectivity index (χ0) is 21.3. The summed E-state index contributed by atoms with van der Waals surface area (Å²) in [4.78, 5) is 30.4. The van der Waals surface area contributed by atoms with Gasteiger partial charge in [0.15, 0.2) is 0 Å². The first kappa shape index (κ1) is 21.2. The number of benzene rings is 1. The molecule has 6 heteroatoms. The Bertz CT molecular complexity index is 908. The van der Waals surface area contributed by atoms with Crippen LogP contribution >= 0.6 is 0 Å². The molecule has 6 nitrogen and oxygen atoms in total. The predicted octanol–water partition coefficient (Wildman–Crippen LogP) is 4.47. The van der Waals surface area contributed by atoms with Gasteiger partial charge < -0.3 is 19.9 Å². The summed E-state index contributed by atoms with van der Waals surface area (Å²) in [6.45, 7) is 12.4. The number of nitrogens with zero attached hydrogens (tertiary/aromatic N) is 1. The van der Waals surface area contributed by atoms with Crippen molar-refractivity contribution in [3.8, 4) is 0 Å². The number of alkyl carbamates (subject to hydrolysis) is 1. The molecule has 0 bridgehead atoms. The van der Waals surface area contributed by atoms with Gasteiger partial charge in [0.1, 0.15) is 12.1 Å². The van der Waals surface area contributed by atoms with E-state index >= 15 is 0 Å².